The first-order chi connectivity index (χ1) is 14.6. The summed E-state index contributed by atoms with van der Waals surface area (Å²) in [5.41, 5.74) is 0.773. The summed E-state index contributed by atoms with van der Waals surface area (Å²) in [7, 11) is 1.60. The molecule has 1 aliphatic carbocycles. The fourth-order valence-electron chi connectivity index (χ4n) is 3.96. The van der Waals surface area contributed by atoms with E-state index in [1.54, 1.807) is 7.11 Å². The number of hydrogen-bond donors (Lipinski definition) is 2. The maximum absolute atomic E-state index is 12.7. The van der Waals surface area contributed by atoms with Gasteiger partial charge >= 0.3 is 6.09 Å². The molecule has 4 atom stereocenters. The van der Waals surface area contributed by atoms with E-state index in [1.807, 2.05) is 18.2 Å². The zero-order valence-electron chi connectivity index (χ0n) is 18.0. The van der Waals surface area contributed by atoms with Crippen LogP contribution in [-0.4, -0.2) is 34.2 Å². The standard InChI is InChI=1S/C21H28Cl3N3O3S/c1-11(2)14-7-5-12(3)9-16(14)30-20(28)27-18(21(22,23)24)26-19-25-15-8-6-13(29-4)10-17(15)31-19/h6,8,10-12,14,16,18H,5,7,9H2,1-4H3,(H,25,26)(H,27,28)/t12-,14+,16-,18-/m1/s1. The number of methoxy groups -OCH3 is 1. The molecule has 0 bridgehead atoms. The third-order valence-electron chi connectivity index (χ3n) is 5.67. The summed E-state index contributed by atoms with van der Waals surface area (Å²) in [6.45, 7) is 6.49. The number of hydrogen-bond acceptors (Lipinski definition) is 6. The van der Waals surface area contributed by atoms with E-state index in [4.69, 9.17) is 44.3 Å². The summed E-state index contributed by atoms with van der Waals surface area (Å²) >= 11 is 19.8. The molecular formula is C21H28Cl3N3O3S. The summed E-state index contributed by atoms with van der Waals surface area (Å²) in [6, 6.07) is 5.54. The first-order valence-corrected chi connectivity index (χ1v) is 12.3. The van der Waals surface area contributed by atoms with Crippen LogP contribution >= 0.6 is 46.1 Å². The van der Waals surface area contributed by atoms with Gasteiger partial charge in [0, 0.05) is 0 Å². The summed E-state index contributed by atoms with van der Waals surface area (Å²) < 4.78 is 10.1. The fraction of sp³-hybridized carbons (Fsp3) is 0.619. The second-order valence-electron chi connectivity index (χ2n) is 8.39. The molecule has 2 N–H and O–H groups in total. The molecule has 1 saturated carbocycles. The van der Waals surface area contributed by atoms with Gasteiger partial charge in [-0.3, -0.25) is 5.32 Å². The number of anilines is 1. The maximum Gasteiger partial charge on any atom is 0.409 e. The Labute approximate surface area is 201 Å². The molecule has 10 heteroatoms. The molecule has 1 amide bonds. The lowest BCUT2D eigenvalue weighted by molar-refractivity contribution is 0.00534. The monoisotopic (exact) mass is 507 g/mol. The van der Waals surface area contributed by atoms with Crippen molar-refractivity contribution in [2.75, 3.05) is 12.4 Å². The van der Waals surface area contributed by atoms with E-state index in [-0.39, 0.29) is 6.10 Å². The van der Waals surface area contributed by atoms with Crippen molar-refractivity contribution in [2.24, 2.45) is 17.8 Å². The number of thiazole rings is 1. The van der Waals surface area contributed by atoms with Gasteiger partial charge in [0.15, 0.2) is 11.3 Å². The van der Waals surface area contributed by atoms with Crippen molar-refractivity contribution in [3.05, 3.63) is 18.2 Å². The molecule has 0 aliphatic heterocycles. The highest BCUT2D eigenvalue weighted by atomic mass is 35.6. The van der Waals surface area contributed by atoms with Crippen LogP contribution < -0.4 is 15.4 Å². The number of carbonyl (C=O) groups excluding carboxylic acids is 1. The molecule has 2 aromatic rings. The molecule has 0 radical (unpaired) electrons. The minimum Gasteiger partial charge on any atom is -0.497 e. The number of nitrogens with zero attached hydrogens (tertiary/aromatic N) is 1. The highest BCUT2D eigenvalue weighted by Crippen LogP contribution is 2.37. The fourth-order valence-corrected chi connectivity index (χ4v) is 5.21. The molecule has 0 unspecified atom stereocenters. The van der Waals surface area contributed by atoms with Crippen LogP contribution in [0.5, 0.6) is 5.75 Å². The van der Waals surface area contributed by atoms with Crippen molar-refractivity contribution in [2.45, 2.75) is 56.1 Å². The van der Waals surface area contributed by atoms with Crippen molar-refractivity contribution < 1.29 is 14.3 Å². The van der Waals surface area contributed by atoms with Gasteiger partial charge in [0.1, 0.15) is 11.9 Å². The Morgan fingerprint density at radius 2 is 2.03 bits per heavy atom. The minimum atomic E-state index is -1.81. The van der Waals surface area contributed by atoms with Crippen molar-refractivity contribution >= 4 is 67.6 Å². The molecule has 6 nitrogen and oxygen atoms in total. The van der Waals surface area contributed by atoms with Gasteiger partial charge < -0.3 is 14.8 Å². The highest BCUT2D eigenvalue weighted by molar-refractivity contribution is 7.22. The number of amides is 1. The summed E-state index contributed by atoms with van der Waals surface area (Å²) in [6.07, 6.45) is 1.22. The Morgan fingerprint density at radius 3 is 2.68 bits per heavy atom. The SMILES string of the molecule is COc1ccc2nc(N[C@H](NC(=O)O[C@@H]3C[C@H](C)CC[C@H]3C(C)C)C(Cl)(Cl)Cl)sc2c1. The van der Waals surface area contributed by atoms with Gasteiger partial charge in [0.2, 0.25) is 3.79 Å². The zero-order valence-corrected chi connectivity index (χ0v) is 21.0. The van der Waals surface area contributed by atoms with Crippen molar-refractivity contribution in [1.82, 2.24) is 10.3 Å². The Balaban J connectivity index is 1.70. The number of halogens is 3. The van der Waals surface area contributed by atoms with Gasteiger partial charge in [-0.1, -0.05) is 73.3 Å². The van der Waals surface area contributed by atoms with Crippen LogP contribution in [0.25, 0.3) is 10.2 Å². The number of rotatable bonds is 6. The van der Waals surface area contributed by atoms with E-state index < -0.39 is 16.1 Å². The van der Waals surface area contributed by atoms with E-state index in [0.717, 1.165) is 35.2 Å². The summed E-state index contributed by atoms with van der Waals surface area (Å²) in [5, 5.41) is 6.19. The van der Waals surface area contributed by atoms with Gasteiger partial charge in [0.05, 0.1) is 17.3 Å². The third kappa shape index (κ3) is 6.44. The van der Waals surface area contributed by atoms with E-state index in [9.17, 15) is 4.79 Å². The predicted octanol–water partition coefficient (Wildman–Crippen LogP) is 6.60. The first-order valence-electron chi connectivity index (χ1n) is 10.3. The lowest BCUT2D eigenvalue weighted by Gasteiger charge is -2.37. The lowest BCUT2D eigenvalue weighted by atomic mass is 9.75. The second kappa shape index (κ2) is 10.2. The molecule has 1 fully saturated rings. The molecule has 0 spiro atoms. The van der Waals surface area contributed by atoms with Crippen LogP contribution in [0.1, 0.15) is 40.0 Å². The maximum atomic E-state index is 12.7. The van der Waals surface area contributed by atoms with Crippen LogP contribution in [0, 0.1) is 17.8 Å². The average molecular weight is 509 g/mol. The second-order valence-corrected chi connectivity index (χ2v) is 11.8. The molecule has 1 aromatic carbocycles. The lowest BCUT2D eigenvalue weighted by Crippen LogP contribution is -2.50. The molecule has 0 saturated heterocycles. The Kier molecular flexibility index (Phi) is 8.05. The first kappa shape index (κ1) is 24.5. The van der Waals surface area contributed by atoms with E-state index in [1.165, 1.54) is 11.3 Å². The molecular weight excluding hydrogens is 481 g/mol. The van der Waals surface area contributed by atoms with Crippen molar-refractivity contribution in [1.29, 1.82) is 0 Å². The average Bonchev–Trinajstić information content (AvgIpc) is 3.08. The number of fused-ring (bicyclic) bond motifs is 1. The number of alkyl carbamates (subject to hydrolysis) is 1. The Hall–Kier alpha value is -1.15. The van der Waals surface area contributed by atoms with Crippen LogP contribution in [0.15, 0.2) is 18.2 Å². The quantitative estimate of drug-likeness (QED) is 0.340. The number of benzene rings is 1. The highest BCUT2D eigenvalue weighted by Gasteiger charge is 2.38. The Morgan fingerprint density at radius 1 is 1.29 bits per heavy atom. The molecule has 1 aromatic heterocycles. The normalized spacial score (nSPS) is 22.9. The minimum absolute atomic E-state index is 0.158. The molecule has 31 heavy (non-hydrogen) atoms. The van der Waals surface area contributed by atoms with Gasteiger partial charge in [-0.25, -0.2) is 9.78 Å². The van der Waals surface area contributed by atoms with Crippen LogP contribution in [0.2, 0.25) is 0 Å². The Bertz CT molecular complexity index is 903. The van der Waals surface area contributed by atoms with Gasteiger partial charge in [-0.15, -0.1) is 0 Å². The van der Waals surface area contributed by atoms with Gasteiger partial charge in [-0.2, -0.15) is 0 Å². The van der Waals surface area contributed by atoms with Crippen molar-refractivity contribution in [3.8, 4) is 5.75 Å². The number of alkyl halides is 3. The smallest absolute Gasteiger partial charge is 0.409 e. The number of aromatic nitrogens is 1. The summed E-state index contributed by atoms with van der Waals surface area (Å²) in [4.78, 5) is 17.2. The summed E-state index contributed by atoms with van der Waals surface area (Å²) in [5.74, 6) is 1.98. The van der Waals surface area contributed by atoms with Crippen molar-refractivity contribution in [3.63, 3.8) is 0 Å². The van der Waals surface area contributed by atoms with Crippen LogP contribution in [0.3, 0.4) is 0 Å². The largest absolute Gasteiger partial charge is 0.497 e. The number of nitrogens with one attached hydrogen (secondary N) is 2. The number of carbonyl (C=O) groups is 1. The third-order valence-corrected chi connectivity index (χ3v) is 7.28. The molecule has 172 valence electrons. The van der Waals surface area contributed by atoms with E-state index in [0.29, 0.717) is 22.9 Å². The molecule has 3 rings (SSSR count). The van der Waals surface area contributed by atoms with E-state index >= 15 is 0 Å². The number of ether oxygens (including phenoxy) is 2. The van der Waals surface area contributed by atoms with Crippen LogP contribution in [-0.2, 0) is 4.74 Å². The molecule has 1 heterocycles. The van der Waals surface area contributed by atoms with Gasteiger partial charge in [0.25, 0.3) is 0 Å². The van der Waals surface area contributed by atoms with Crippen LogP contribution in [0.4, 0.5) is 9.93 Å². The predicted molar refractivity (Wildman–Crippen MR) is 129 cm³/mol. The zero-order chi connectivity index (χ0) is 22.8. The topological polar surface area (TPSA) is 72.5 Å². The van der Waals surface area contributed by atoms with E-state index in [2.05, 4.69) is 36.4 Å². The molecule has 1 aliphatic rings. The van der Waals surface area contributed by atoms with Gasteiger partial charge in [-0.05, 0) is 48.8 Å².